The Hall–Kier alpha value is -1.68. The standard InChI is InChI=1S/C38H58O3/c1-3-5-7-9-11-13-21-27-37(35-31-39-35,29-33-23-17-15-18-24-33)41-38(36-32-40-36,30-34-25-19-16-20-26-34)28-22-14-12-10-8-6-4-2/h15-20,23-26,35-36H,3-14,21-22,27-32H2,1-2H3. The maximum absolute atomic E-state index is 7.72. The summed E-state index contributed by atoms with van der Waals surface area (Å²) in [5, 5.41) is 0. The smallest absolute Gasteiger partial charge is 0.110 e. The lowest BCUT2D eigenvalue weighted by Gasteiger charge is -2.44. The quantitative estimate of drug-likeness (QED) is 0.0943. The molecule has 2 aliphatic heterocycles. The summed E-state index contributed by atoms with van der Waals surface area (Å²) in [5.74, 6) is 0. The van der Waals surface area contributed by atoms with Crippen molar-refractivity contribution < 1.29 is 14.2 Å². The first-order chi connectivity index (χ1) is 20.2. The van der Waals surface area contributed by atoms with Gasteiger partial charge in [0.15, 0.2) is 0 Å². The molecule has 4 rings (SSSR count). The molecule has 4 unspecified atom stereocenters. The number of benzene rings is 2. The Labute approximate surface area is 251 Å². The Kier molecular flexibility index (Phi) is 13.7. The third kappa shape index (κ3) is 10.8. The predicted molar refractivity (Wildman–Crippen MR) is 172 cm³/mol. The van der Waals surface area contributed by atoms with E-state index in [1.807, 2.05) is 0 Å². The highest BCUT2D eigenvalue weighted by Crippen LogP contribution is 2.46. The first-order valence-corrected chi connectivity index (χ1v) is 17.2. The van der Waals surface area contributed by atoms with E-state index in [1.54, 1.807) is 0 Å². The van der Waals surface area contributed by atoms with E-state index >= 15 is 0 Å². The van der Waals surface area contributed by atoms with Gasteiger partial charge in [0.1, 0.15) is 23.4 Å². The van der Waals surface area contributed by atoms with Crippen molar-refractivity contribution in [3.63, 3.8) is 0 Å². The van der Waals surface area contributed by atoms with Crippen LogP contribution in [0.5, 0.6) is 0 Å². The Morgan fingerprint density at radius 3 is 1.22 bits per heavy atom. The summed E-state index contributed by atoms with van der Waals surface area (Å²) in [5.41, 5.74) is 2.08. The molecule has 2 aliphatic rings. The van der Waals surface area contributed by atoms with E-state index in [0.717, 1.165) is 38.9 Å². The zero-order valence-corrected chi connectivity index (χ0v) is 26.3. The molecule has 3 nitrogen and oxygen atoms in total. The molecule has 0 saturated carbocycles. The van der Waals surface area contributed by atoms with E-state index in [2.05, 4.69) is 74.5 Å². The van der Waals surface area contributed by atoms with Crippen molar-refractivity contribution in [2.24, 2.45) is 0 Å². The lowest BCUT2D eigenvalue weighted by molar-refractivity contribution is -0.184. The molecule has 3 heteroatoms. The number of unbranched alkanes of at least 4 members (excludes halogenated alkanes) is 12. The average molecular weight is 563 g/mol. The lowest BCUT2D eigenvalue weighted by atomic mass is 9.81. The van der Waals surface area contributed by atoms with Crippen LogP contribution in [0.1, 0.15) is 128 Å². The van der Waals surface area contributed by atoms with Gasteiger partial charge in [-0.15, -0.1) is 0 Å². The molecule has 2 saturated heterocycles. The number of ether oxygens (including phenoxy) is 3. The molecule has 4 atom stereocenters. The van der Waals surface area contributed by atoms with Gasteiger partial charge in [0, 0.05) is 12.8 Å². The molecule has 2 aromatic rings. The molecule has 0 aromatic heterocycles. The Balaban J connectivity index is 1.53. The van der Waals surface area contributed by atoms with Crippen molar-refractivity contribution in [2.75, 3.05) is 13.2 Å². The fourth-order valence-electron chi connectivity index (χ4n) is 6.79. The highest BCUT2D eigenvalue weighted by molar-refractivity contribution is 5.22. The maximum Gasteiger partial charge on any atom is 0.110 e. The lowest BCUT2D eigenvalue weighted by Crippen LogP contribution is -2.53. The van der Waals surface area contributed by atoms with Crippen molar-refractivity contribution in [1.29, 1.82) is 0 Å². The van der Waals surface area contributed by atoms with Crippen LogP contribution in [0.2, 0.25) is 0 Å². The zero-order valence-electron chi connectivity index (χ0n) is 26.3. The van der Waals surface area contributed by atoms with Gasteiger partial charge in [0.25, 0.3) is 0 Å². The molecule has 41 heavy (non-hydrogen) atoms. The minimum atomic E-state index is -0.313. The minimum Gasteiger partial charge on any atom is -0.370 e. The van der Waals surface area contributed by atoms with Gasteiger partial charge in [-0.2, -0.15) is 0 Å². The maximum atomic E-state index is 7.72. The Bertz CT molecular complexity index is 861. The van der Waals surface area contributed by atoms with Crippen molar-refractivity contribution in [1.82, 2.24) is 0 Å². The summed E-state index contributed by atoms with van der Waals surface area (Å²) in [7, 11) is 0. The zero-order chi connectivity index (χ0) is 28.6. The summed E-state index contributed by atoms with van der Waals surface area (Å²) in [6.07, 6.45) is 22.6. The second-order valence-electron chi connectivity index (χ2n) is 12.9. The molecule has 2 fully saturated rings. The highest BCUT2D eigenvalue weighted by Gasteiger charge is 2.56. The molecule has 0 aliphatic carbocycles. The van der Waals surface area contributed by atoms with E-state index in [4.69, 9.17) is 14.2 Å². The number of hydrogen-bond acceptors (Lipinski definition) is 3. The SMILES string of the molecule is CCCCCCCCCC(Cc1ccccc1)(OC(CCCCCCCCC)(Cc1ccccc1)C1CO1)C1CO1. The molecule has 2 aromatic carbocycles. The third-order valence-corrected chi connectivity index (χ3v) is 9.35. The van der Waals surface area contributed by atoms with Crippen molar-refractivity contribution in [3.8, 4) is 0 Å². The molecule has 228 valence electrons. The largest absolute Gasteiger partial charge is 0.370 e. The second kappa shape index (κ2) is 17.4. The number of hydrogen-bond donors (Lipinski definition) is 0. The van der Waals surface area contributed by atoms with Crippen LogP contribution in [0.4, 0.5) is 0 Å². The second-order valence-corrected chi connectivity index (χ2v) is 12.9. The monoisotopic (exact) mass is 562 g/mol. The Morgan fingerprint density at radius 2 is 0.878 bits per heavy atom. The van der Waals surface area contributed by atoms with Crippen molar-refractivity contribution in [3.05, 3.63) is 71.8 Å². The van der Waals surface area contributed by atoms with Crippen LogP contribution in [0.3, 0.4) is 0 Å². The molecular weight excluding hydrogens is 504 g/mol. The van der Waals surface area contributed by atoms with Gasteiger partial charge in [-0.3, -0.25) is 0 Å². The molecule has 2 heterocycles. The minimum absolute atomic E-state index is 0.172. The van der Waals surface area contributed by atoms with E-state index in [1.165, 1.54) is 101 Å². The van der Waals surface area contributed by atoms with E-state index < -0.39 is 0 Å². The van der Waals surface area contributed by atoms with Gasteiger partial charge < -0.3 is 14.2 Å². The fourth-order valence-corrected chi connectivity index (χ4v) is 6.79. The van der Waals surface area contributed by atoms with Crippen LogP contribution in [0, 0.1) is 0 Å². The highest BCUT2D eigenvalue weighted by atomic mass is 16.6. The average Bonchev–Trinajstić information content (AvgIpc) is 3.90. The van der Waals surface area contributed by atoms with E-state index in [0.29, 0.717) is 0 Å². The molecule has 0 spiro atoms. The van der Waals surface area contributed by atoms with Crippen molar-refractivity contribution >= 4 is 0 Å². The van der Waals surface area contributed by atoms with Crippen LogP contribution >= 0.6 is 0 Å². The first-order valence-electron chi connectivity index (χ1n) is 17.2. The molecule has 0 radical (unpaired) electrons. The summed E-state index contributed by atoms with van der Waals surface area (Å²) in [4.78, 5) is 0. The van der Waals surface area contributed by atoms with Crippen LogP contribution < -0.4 is 0 Å². The number of epoxide rings is 2. The van der Waals surface area contributed by atoms with Gasteiger partial charge in [-0.05, 0) is 24.0 Å². The summed E-state index contributed by atoms with van der Waals surface area (Å²) in [6.45, 7) is 6.22. The van der Waals surface area contributed by atoms with Gasteiger partial charge >= 0.3 is 0 Å². The normalized spacial score (nSPS) is 20.8. The van der Waals surface area contributed by atoms with Gasteiger partial charge in [0.05, 0.1) is 13.2 Å². The predicted octanol–water partition coefficient (Wildman–Crippen LogP) is 10.0. The fraction of sp³-hybridized carbons (Fsp3) is 0.684. The molecule has 0 amide bonds. The summed E-state index contributed by atoms with van der Waals surface area (Å²) >= 11 is 0. The molecule has 0 bridgehead atoms. The van der Waals surface area contributed by atoms with Gasteiger partial charge in [-0.25, -0.2) is 0 Å². The van der Waals surface area contributed by atoms with Gasteiger partial charge in [-0.1, -0.05) is 164 Å². The topological polar surface area (TPSA) is 34.3 Å². The van der Waals surface area contributed by atoms with Gasteiger partial charge in [0.2, 0.25) is 0 Å². The van der Waals surface area contributed by atoms with E-state index in [-0.39, 0.29) is 23.4 Å². The van der Waals surface area contributed by atoms with Crippen LogP contribution in [-0.4, -0.2) is 36.6 Å². The van der Waals surface area contributed by atoms with E-state index in [9.17, 15) is 0 Å². The summed E-state index contributed by atoms with van der Waals surface area (Å²) < 4.78 is 20.1. The van der Waals surface area contributed by atoms with Crippen LogP contribution in [-0.2, 0) is 27.1 Å². The first kappa shape index (κ1) is 32.2. The summed E-state index contributed by atoms with van der Waals surface area (Å²) in [6, 6.07) is 22.0. The molecule has 0 N–H and O–H groups in total. The third-order valence-electron chi connectivity index (χ3n) is 9.35. The van der Waals surface area contributed by atoms with Crippen LogP contribution in [0.15, 0.2) is 60.7 Å². The molecular formula is C38H58O3. The Morgan fingerprint density at radius 1 is 0.537 bits per heavy atom. The van der Waals surface area contributed by atoms with Crippen molar-refractivity contribution in [2.45, 2.75) is 153 Å². The number of rotatable bonds is 24. The van der Waals surface area contributed by atoms with Crippen LogP contribution in [0.25, 0.3) is 0 Å².